The smallest absolute Gasteiger partial charge is 0.264 e. The van der Waals surface area contributed by atoms with Crippen molar-refractivity contribution in [3.8, 4) is 5.75 Å². The number of ether oxygens (including phenoxy) is 1. The van der Waals surface area contributed by atoms with Crippen LogP contribution in [0.5, 0.6) is 5.75 Å². The summed E-state index contributed by atoms with van der Waals surface area (Å²) in [5, 5.41) is 2.86. The summed E-state index contributed by atoms with van der Waals surface area (Å²) in [5.74, 6) is -0.949. The van der Waals surface area contributed by atoms with E-state index in [1.165, 1.54) is 60.5 Å². The summed E-state index contributed by atoms with van der Waals surface area (Å²) in [5.41, 5.74) is 0.323. The number of anilines is 1. The van der Waals surface area contributed by atoms with Gasteiger partial charge in [-0.25, -0.2) is 12.8 Å². The minimum Gasteiger partial charge on any atom is -0.497 e. The largest absolute Gasteiger partial charge is 0.497 e. The minimum atomic E-state index is -4.18. The highest BCUT2D eigenvalue weighted by Gasteiger charge is 2.33. The van der Waals surface area contributed by atoms with Crippen LogP contribution >= 0.6 is 0 Å². The number of halogens is 1. The first-order chi connectivity index (χ1) is 18.3. The van der Waals surface area contributed by atoms with E-state index in [2.05, 4.69) is 5.32 Å². The zero-order valence-corrected chi connectivity index (χ0v) is 23.5. The number of para-hydroxylation sites is 1. The molecule has 39 heavy (non-hydrogen) atoms. The molecule has 0 bridgehead atoms. The Morgan fingerprint density at radius 1 is 0.949 bits per heavy atom. The van der Waals surface area contributed by atoms with Crippen molar-refractivity contribution in [2.24, 2.45) is 0 Å². The summed E-state index contributed by atoms with van der Waals surface area (Å²) in [6.45, 7) is 6.45. The van der Waals surface area contributed by atoms with Crippen LogP contribution in [0.1, 0.15) is 33.3 Å². The Labute approximate surface area is 229 Å². The average Bonchev–Trinajstić information content (AvgIpc) is 2.90. The van der Waals surface area contributed by atoms with E-state index < -0.39 is 45.8 Å². The number of nitrogens with one attached hydrogen (secondary N) is 1. The van der Waals surface area contributed by atoms with Crippen molar-refractivity contribution in [3.05, 3.63) is 90.2 Å². The van der Waals surface area contributed by atoms with Gasteiger partial charge in [0.2, 0.25) is 11.8 Å². The van der Waals surface area contributed by atoms with Crippen LogP contribution in [-0.4, -0.2) is 50.4 Å². The quantitative estimate of drug-likeness (QED) is 0.401. The number of amides is 2. The van der Waals surface area contributed by atoms with Crippen molar-refractivity contribution < 1.29 is 27.1 Å². The molecule has 0 aliphatic rings. The van der Waals surface area contributed by atoms with E-state index >= 15 is 0 Å². The minimum absolute atomic E-state index is 0.0245. The van der Waals surface area contributed by atoms with E-state index in [4.69, 9.17) is 4.74 Å². The molecule has 0 saturated heterocycles. The van der Waals surface area contributed by atoms with E-state index in [-0.39, 0.29) is 17.1 Å². The van der Waals surface area contributed by atoms with Gasteiger partial charge in [-0.15, -0.1) is 0 Å². The molecule has 3 aromatic rings. The van der Waals surface area contributed by atoms with Gasteiger partial charge in [0.05, 0.1) is 17.7 Å². The summed E-state index contributed by atoms with van der Waals surface area (Å²) in [7, 11) is -2.70. The van der Waals surface area contributed by atoms with Crippen LogP contribution < -0.4 is 14.4 Å². The Morgan fingerprint density at radius 3 is 2.08 bits per heavy atom. The molecule has 208 valence electrons. The fourth-order valence-corrected chi connectivity index (χ4v) is 5.26. The van der Waals surface area contributed by atoms with Crippen LogP contribution in [0.2, 0.25) is 0 Å². The Hall–Kier alpha value is -3.92. The number of rotatable bonds is 10. The van der Waals surface area contributed by atoms with Gasteiger partial charge >= 0.3 is 0 Å². The number of carbonyl (C=O) groups is 2. The Balaban J connectivity index is 2.00. The molecule has 1 N–H and O–H groups in total. The van der Waals surface area contributed by atoms with E-state index in [0.29, 0.717) is 11.3 Å². The molecule has 2 amide bonds. The molecular weight excluding hydrogens is 521 g/mol. The lowest BCUT2D eigenvalue weighted by molar-refractivity contribution is -0.140. The van der Waals surface area contributed by atoms with Crippen LogP contribution in [0.15, 0.2) is 83.8 Å². The molecule has 0 radical (unpaired) electrons. The van der Waals surface area contributed by atoms with Crippen molar-refractivity contribution in [1.29, 1.82) is 0 Å². The standard InChI is InChI=1S/C29H34FN3O5S/c1-21(28(35)31-29(2,3)4)32(19-22-11-13-23(30)14-12-22)27(34)20-33(24-9-7-6-8-10-24)39(36,37)26-17-15-25(38-5)16-18-26/h6-18,21H,19-20H2,1-5H3,(H,31,35). The van der Waals surface area contributed by atoms with Crippen LogP contribution in [0.3, 0.4) is 0 Å². The third kappa shape index (κ3) is 7.79. The number of hydrogen-bond acceptors (Lipinski definition) is 5. The van der Waals surface area contributed by atoms with Gasteiger partial charge in [0.15, 0.2) is 0 Å². The van der Waals surface area contributed by atoms with Gasteiger partial charge in [-0.3, -0.25) is 13.9 Å². The lowest BCUT2D eigenvalue weighted by Gasteiger charge is -2.33. The van der Waals surface area contributed by atoms with Crippen molar-refractivity contribution in [3.63, 3.8) is 0 Å². The van der Waals surface area contributed by atoms with E-state index in [9.17, 15) is 22.4 Å². The van der Waals surface area contributed by atoms with Crippen LogP contribution in [0.25, 0.3) is 0 Å². The molecule has 3 aromatic carbocycles. The number of nitrogens with zero attached hydrogens (tertiary/aromatic N) is 2. The van der Waals surface area contributed by atoms with Gasteiger partial charge in [-0.05, 0) is 81.8 Å². The molecule has 0 aliphatic carbocycles. The van der Waals surface area contributed by atoms with Crippen molar-refractivity contribution in [2.75, 3.05) is 18.0 Å². The molecule has 1 unspecified atom stereocenters. The SMILES string of the molecule is COc1ccc(S(=O)(=O)N(CC(=O)N(Cc2ccc(F)cc2)C(C)C(=O)NC(C)(C)C)c2ccccc2)cc1. The van der Waals surface area contributed by atoms with Crippen molar-refractivity contribution in [1.82, 2.24) is 10.2 Å². The third-order valence-electron chi connectivity index (χ3n) is 5.90. The van der Waals surface area contributed by atoms with Gasteiger partial charge in [-0.1, -0.05) is 30.3 Å². The fourth-order valence-electron chi connectivity index (χ4n) is 3.84. The second-order valence-corrected chi connectivity index (χ2v) is 11.9. The zero-order valence-electron chi connectivity index (χ0n) is 22.7. The maximum atomic E-state index is 13.8. The van der Waals surface area contributed by atoms with Gasteiger partial charge in [-0.2, -0.15) is 0 Å². The molecule has 0 heterocycles. The lowest BCUT2D eigenvalue weighted by atomic mass is 10.1. The predicted molar refractivity (Wildman–Crippen MR) is 148 cm³/mol. The van der Waals surface area contributed by atoms with E-state index in [1.54, 1.807) is 37.3 Å². The second-order valence-electron chi connectivity index (χ2n) is 10.1. The lowest BCUT2D eigenvalue weighted by Crippen LogP contribution is -2.54. The third-order valence-corrected chi connectivity index (χ3v) is 7.69. The number of benzene rings is 3. The fraction of sp³-hybridized carbons (Fsp3) is 0.310. The normalized spacial score (nSPS) is 12.4. The van der Waals surface area contributed by atoms with Gasteiger partial charge in [0.25, 0.3) is 10.0 Å². The highest BCUT2D eigenvalue weighted by molar-refractivity contribution is 7.92. The Morgan fingerprint density at radius 2 is 1.54 bits per heavy atom. The topological polar surface area (TPSA) is 96.0 Å². The van der Waals surface area contributed by atoms with Crippen LogP contribution in [0, 0.1) is 5.82 Å². The first-order valence-corrected chi connectivity index (χ1v) is 13.8. The van der Waals surface area contributed by atoms with Gasteiger partial charge in [0.1, 0.15) is 24.2 Å². The Kier molecular flexibility index (Phi) is 9.34. The van der Waals surface area contributed by atoms with Crippen molar-refractivity contribution >= 4 is 27.5 Å². The van der Waals surface area contributed by atoms with E-state index in [0.717, 1.165) is 4.31 Å². The van der Waals surface area contributed by atoms with Crippen LogP contribution in [0.4, 0.5) is 10.1 Å². The maximum absolute atomic E-state index is 13.8. The maximum Gasteiger partial charge on any atom is 0.264 e. The summed E-state index contributed by atoms with van der Waals surface area (Å²) < 4.78 is 47.2. The van der Waals surface area contributed by atoms with Gasteiger partial charge in [0, 0.05) is 12.1 Å². The zero-order chi connectivity index (χ0) is 28.8. The molecular formula is C29H34FN3O5S. The number of hydrogen-bond donors (Lipinski definition) is 1. The summed E-state index contributed by atoms with van der Waals surface area (Å²) in [4.78, 5) is 28.2. The summed E-state index contributed by atoms with van der Waals surface area (Å²) in [6, 6.07) is 18.8. The number of carbonyl (C=O) groups excluding carboxylic acids is 2. The summed E-state index contributed by atoms with van der Waals surface area (Å²) in [6.07, 6.45) is 0. The molecule has 1 atom stereocenters. The molecule has 10 heteroatoms. The predicted octanol–water partition coefficient (Wildman–Crippen LogP) is 4.36. The van der Waals surface area contributed by atoms with Gasteiger partial charge < -0.3 is 15.0 Å². The first-order valence-electron chi connectivity index (χ1n) is 12.4. The number of sulfonamides is 1. The second kappa shape index (κ2) is 12.3. The molecule has 0 aromatic heterocycles. The highest BCUT2D eigenvalue weighted by atomic mass is 32.2. The van der Waals surface area contributed by atoms with E-state index in [1.807, 2.05) is 20.8 Å². The molecule has 0 aliphatic heterocycles. The summed E-state index contributed by atoms with van der Waals surface area (Å²) >= 11 is 0. The highest BCUT2D eigenvalue weighted by Crippen LogP contribution is 2.26. The van der Waals surface area contributed by atoms with Crippen molar-refractivity contribution in [2.45, 2.75) is 50.7 Å². The molecule has 0 saturated carbocycles. The molecule has 3 rings (SSSR count). The van der Waals surface area contributed by atoms with Crippen LogP contribution in [-0.2, 0) is 26.2 Å². The average molecular weight is 556 g/mol. The molecule has 8 nitrogen and oxygen atoms in total. The number of methoxy groups -OCH3 is 1. The molecule has 0 fully saturated rings. The molecule has 0 spiro atoms. The monoisotopic (exact) mass is 555 g/mol. The first kappa shape index (κ1) is 29.6. The Bertz CT molecular complexity index is 1370.